The van der Waals surface area contributed by atoms with Gasteiger partial charge >= 0.3 is 0 Å². The third-order valence-corrected chi connectivity index (χ3v) is 7.46. The maximum Gasteiger partial charge on any atom is 0.244 e. The van der Waals surface area contributed by atoms with Gasteiger partial charge in [0.25, 0.3) is 0 Å². The average Bonchev–Trinajstić information content (AvgIpc) is 2.86. The summed E-state index contributed by atoms with van der Waals surface area (Å²) in [6.45, 7) is 7.33. The molecule has 37 heavy (non-hydrogen) atoms. The van der Waals surface area contributed by atoms with Gasteiger partial charge in [0.15, 0.2) is 11.5 Å². The molecule has 2 amide bonds. The minimum absolute atomic E-state index is 0.0590. The van der Waals surface area contributed by atoms with Crippen LogP contribution in [0.4, 0.5) is 5.69 Å². The minimum Gasteiger partial charge on any atom is -0.493 e. The SMILES string of the molecule is CC[C@@H](C)NC(=O)[C@H](CC)N(Cc1ccccc1C)C(=O)CN(c1ccc(OC)c(OC)c1)S(C)(=O)=O. The standard InChI is InChI=1S/C27H39N3O6S/c1-8-20(4)28-27(32)23(9-2)29(17-21-13-11-10-12-19(21)3)26(31)18-30(37(7,33)34)22-14-15-24(35-5)25(16-22)36-6/h10-16,20,23H,8-9,17-18H2,1-7H3,(H,28,32)/t20-,23+/m1/s1. The van der Waals surface area contributed by atoms with Crippen LogP contribution in [0.1, 0.15) is 44.7 Å². The molecule has 0 aromatic heterocycles. The third-order valence-electron chi connectivity index (χ3n) is 6.32. The van der Waals surface area contributed by atoms with Crippen molar-refractivity contribution in [2.75, 3.05) is 31.3 Å². The highest BCUT2D eigenvalue weighted by atomic mass is 32.2. The van der Waals surface area contributed by atoms with Gasteiger partial charge in [-0.3, -0.25) is 13.9 Å². The second-order valence-electron chi connectivity index (χ2n) is 9.00. The zero-order valence-electron chi connectivity index (χ0n) is 22.8. The Morgan fingerprint density at radius 3 is 2.19 bits per heavy atom. The van der Waals surface area contributed by atoms with Crippen LogP contribution in [0.2, 0.25) is 0 Å². The highest BCUT2D eigenvalue weighted by molar-refractivity contribution is 7.92. The molecule has 0 saturated carbocycles. The normalized spacial score (nSPS) is 12.8. The zero-order chi connectivity index (χ0) is 27.8. The molecule has 0 aliphatic heterocycles. The number of hydrogen-bond acceptors (Lipinski definition) is 6. The summed E-state index contributed by atoms with van der Waals surface area (Å²) >= 11 is 0. The van der Waals surface area contributed by atoms with Crippen molar-refractivity contribution in [3.05, 3.63) is 53.6 Å². The zero-order valence-corrected chi connectivity index (χ0v) is 23.6. The van der Waals surface area contributed by atoms with Gasteiger partial charge in [-0.1, -0.05) is 38.1 Å². The van der Waals surface area contributed by atoms with Crippen LogP contribution in [-0.4, -0.2) is 64.2 Å². The van der Waals surface area contributed by atoms with E-state index in [-0.39, 0.29) is 24.2 Å². The second-order valence-corrected chi connectivity index (χ2v) is 10.9. The van der Waals surface area contributed by atoms with Crippen LogP contribution in [0, 0.1) is 6.92 Å². The molecular weight excluding hydrogens is 494 g/mol. The number of nitrogens with zero attached hydrogens (tertiary/aromatic N) is 2. The first-order valence-electron chi connectivity index (χ1n) is 12.3. The average molecular weight is 534 g/mol. The van der Waals surface area contributed by atoms with Crippen LogP contribution in [0.25, 0.3) is 0 Å². The van der Waals surface area contributed by atoms with E-state index in [1.54, 1.807) is 12.1 Å². The molecule has 2 atom stereocenters. The van der Waals surface area contributed by atoms with Crippen molar-refractivity contribution in [1.29, 1.82) is 0 Å². The molecule has 0 fully saturated rings. The van der Waals surface area contributed by atoms with Crippen molar-refractivity contribution in [3.8, 4) is 11.5 Å². The minimum atomic E-state index is -3.86. The summed E-state index contributed by atoms with van der Waals surface area (Å²) < 4.78 is 37.2. The van der Waals surface area contributed by atoms with Gasteiger partial charge in [0.1, 0.15) is 12.6 Å². The summed E-state index contributed by atoms with van der Waals surface area (Å²) in [6.07, 6.45) is 2.15. The first-order valence-corrected chi connectivity index (χ1v) is 14.2. The van der Waals surface area contributed by atoms with Gasteiger partial charge < -0.3 is 19.7 Å². The Morgan fingerprint density at radius 2 is 1.65 bits per heavy atom. The van der Waals surface area contributed by atoms with E-state index in [9.17, 15) is 18.0 Å². The number of hydrogen-bond donors (Lipinski definition) is 1. The molecule has 10 heteroatoms. The van der Waals surface area contributed by atoms with E-state index in [0.717, 1.165) is 28.1 Å². The number of carbonyl (C=O) groups excluding carboxylic acids is 2. The molecule has 204 valence electrons. The van der Waals surface area contributed by atoms with Gasteiger partial charge in [0.05, 0.1) is 26.2 Å². The lowest BCUT2D eigenvalue weighted by atomic mass is 10.1. The summed E-state index contributed by atoms with van der Waals surface area (Å²) in [4.78, 5) is 28.5. The van der Waals surface area contributed by atoms with E-state index in [1.165, 1.54) is 25.2 Å². The Morgan fingerprint density at radius 1 is 1.00 bits per heavy atom. The summed E-state index contributed by atoms with van der Waals surface area (Å²) in [5.41, 5.74) is 2.10. The maximum atomic E-state index is 13.8. The number of nitrogens with one attached hydrogen (secondary N) is 1. The van der Waals surface area contributed by atoms with Crippen LogP contribution in [0.5, 0.6) is 11.5 Å². The number of anilines is 1. The summed E-state index contributed by atoms with van der Waals surface area (Å²) in [5, 5.41) is 2.96. The predicted octanol–water partition coefficient (Wildman–Crippen LogP) is 3.50. The smallest absolute Gasteiger partial charge is 0.244 e. The fourth-order valence-corrected chi connectivity index (χ4v) is 4.77. The molecular formula is C27H39N3O6S. The van der Waals surface area contributed by atoms with Crippen molar-refractivity contribution in [2.24, 2.45) is 0 Å². The van der Waals surface area contributed by atoms with Crippen LogP contribution in [-0.2, 0) is 26.2 Å². The van der Waals surface area contributed by atoms with Crippen molar-refractivity contribution in [1.82, 2.24) is 10.2 Å². The van der Waals surface area contributed by atoms with Gasteiger partial charge in [-0.05, 0) is 49.9 Å². The lowest BCUT2D eigenvalue weighted by molar-refractivity contribution is -0.140. The van der Waals surface area contributed by atoms with Gasteiger partial charge in [0.2, 0.25) is 21.8 Å². The lowest BCUT2D eigenvalue weighted by Gasteiger charge is -2.33. The molecule has 9 nitrogen and oxygen atoms in total. The van der Waals surface area contributed by atoms with E-state index in [1.807, 2.05) is 52.0 Å². The molecule has 0 heterocycles. The Labute approximate surface area is 220 Å². The molecule has 2 rings (SSSR count). The second kappa shape index (κ2) is 13.3. The number of amides is 2. The van der Waals surface area contributed by atoms with Crippen LogP contribution in [0.3, 0.4) is 0 Å². The molecule has 0 unspecified atom stereocenters. The number of carbonyl (C=O) groups is 2. The van der Waals surface area contributed by atoms with Crippen molar-refractivity contribution in [3.63, 3.8) is 0 Å². The monoisotopic (exact) mass is 533 g/mol. The van der Waals surface area contributed by atoms with Crippen LogP contribution >= 0.6 is 0 Å². The lowest BCUT2D eigenvalue weighted by Crippen LogP contribution is -2.53. The molecule has 0 bridgehead atoms. The van der Waals surface area contributed by atoms with E-state index in [0.29, 0.717) is 17.9 Å². The third kappa shape index (κ3) is 7.85. The van der Waals surface area contributed by atoms with Gasteiger partial charge in [-0.2, -0.15) is 0 Å². The van der Waals surface area contributed by atoms with E-state index in [2.05, 4.69) is 5.32 Å². The number of aryl methyl sites for hydroxylation is 1. The summed E-state index contributed by atoms with van der Waals surface area (Å²) in [5.74, 6) is 0.00243. The van der Waals surface area contributed by atoms with Crippen molar-refractivity contribution < 1.29 is 27.5 Å². The number of benzene rings is 2. The molecule has 2 aromatic carbocycles. The van der Waals surface area contributed by atoms with Crippen molar-refractivity contribution >= 4 is 27.5 Å². The Bertz CT molecular complexity index is 1180. The maximum absolute atomic E-state index is 13.8. The summed E-state index contributed by atoms with van der Waals surface area (Å²) in [6, 6.07) is 11.4. The number of rotatable bonds is 13. The van der Waals surface area contributed by atoms with Crippen molar-refractivity contribution in [2.45, 2.75) is 59.2 Å². The molecule has 1 N–H and O–H groups in total. The van der Waals surface area contributed by atoms with Crippen LogP contribution in [0.15, 0.2) is 42.5 Å². The Hall–Kier alpha value is -3.27. The summed E-state index contributed by atoms with van der Waals surface area (Å²) in [7, 11) is -0.931. The first kappa shape index (κ1) is 30.0. The number of sulfonamides is 1. The first-order chi connectivity index (χ1) is 17.5. The Kier molecular flexibility index (Phi) is 10.8. The largest absolute Gasteiger partial charge is 0.493 e. The Balaban J connectivity index is 2.50. The fraction of sp³-hybridized carbons (Fsp3) is 0.481. The molecule has 0 saturated heterocycles. The molecule has 0 aliphatic rings. The quantitative estimate of drug-likeness (QED) is 0.423. The van der Waals surface area contributed by atoms with Gasteiger partial charge in [0, 0.05) is 18.7 Å². The fourth-order valence-electron chi connectivity index (χ4n) is 3.93. The molecule has 2 aromatic rings. The molecule has 0 radical (unpaired) electrons. The molecule has 0 aliphatic carbocycles. The van der Waals surface area contributed by atoms with Gasteiger partial charge in [-0.25, -0.2) is 8.42 Å². The van der Waals surface area contributed by atoms with E-state index >= 15 is 0 Å². The number of methoxy groups -OCH3 is 2. The number of ether oxygens (including phenoxy) is 2. The highest BCUT2D eigenvalue weighted by Gasteiger charge is 2.32. The van der Waals surface area contributed by atoms with E-state index in [4.69, 9.17) is 9.47 Å². The predicted molar refractivity (Wildman–Crippen MR) is 145 cm³/mol. The highest BCUT2D eigenvalue weighted by Crippen LogP contribution is 2.32. The van der Waals surface area contributed by atoms with E-state index < -0.39 is 28.5 Å². The van der Waals surface area contributed by atoms with Crippen LogP contribution < -0.4 is 19.1 Å². The topological polar surface area (TPSA) is 105 Å². The molecule has 0 spiro atoms. The van der Waals surface area contributed by atoms with Gasteiger partial charge in [-0.15, -0.1) is 0 Å².